The summed E-state index contributed by atoms with van der Waals surface area (Å²) in [6.45, 7) is 6.57. The summed E-state index contributed by atoms with van der Waals surface area (Å²) < 4.78 is 1.96. The van der Waals surface area contributed by atoms with Crippen LogP contribution in [0.5, 0.6) is 0 Å². The van der Waals surface area contributed by atoms with Crippen LogP contribution in [0, 0.1) is 0 Å². The fourth-order valence-electron chi connectivity index (χ4n) is 2.07. The molecule has 2 N–H and O–H groups in total. The fourth-order valence-corrected chi connectivity index (χ4v) is 2.07. The van der Waals surface area contributed by atoms with Gasteiger partial charge in [0.1, 0.15) is 6.54 Å². The van der Waals surface area contributed by atoms with E-state index in [1.165, 1.54) is 12.8 Å². The van der Waals surface area contributed by atoms with Gasteiger partial charge >= 0.3 is 0 Å². The molecule has 0 radical (unpaired) electrons. The molecule has 2 aromatic heterocycles. The normalized spacial score (nSPS) is 11.8. The van der Waals surface area contributed by atoms with E-state index in [9.17, 15) is 0 Å². The van der Waals surface area contributed by atoms with Gasteiger partial charge in [0.25, 0.3) is 0 Å². The van der Waals surface area contributed by atoms with E-state index in [0.717, 1.165) is 36.9 Å². The second-order valence-corrected chi connectivity index (χ2v) is 4.87. The van der Waals surface area contributed by atoms with Crippen LogP contribution in [-0.2, 0) is 6.54 Å². The Morgan fingerprint density at radius 3 is 2.90 bits per heavy atom. The van der Waals surface area contributed by atoms with Gasteiger partial charge in [0.2, 0.25) is 0 Å². The Balaban J connectivity index is 1.98. The molecule has 21 heavy (non-hydrogen) atoms. The predicted molar refractivity (Wildman–Crippen MR) is 85.3 cm³/mol. The van der Waals surface area contributed by atoms with Crippen LogP contribution in [0.25, 0.3) is 5.65 Å². The third-order valence-electron chi connectivity index (χ3n) is 3.18. The maximum atomic E-state index is 4.57. The largest absolute Gasteiger partial charge is 0.357 e. The monoisotopic (exact) mass is 288 g/mol. The molecule has 2 rings (SSSR count). The van der Waals surface area contributed by atoms with Gasteiger partial charge < -0.3 is 10.6 Å². The minimum Gasteiger partial charge on any atom is -0.357 e. The van der Waals surface area contributed by atoms with E-state index in [1.54, 1.807) is 0 Å². The molecule has 6 nitrogen and oxygen atoms in total. The maximum absolute atomic E-state index is 4.57. The molecule has 0 fully saturated rings. The van der Waals surface area contributed by atoms with Gasteiger partial charge in [0.15, 0.2) is 17.4 Å². The highest BCUT2D eigenvalue weighted by molar-refractivity contribution is 5.79. The Morgan fingerprint density at radius 1 is 1.19 bits per heavy atom. The number of nitrogens with one attached hydrogen (secondary N) is 2. The molecule has 0 aliphatic carbocycles. The number of rotatable bonds is 7. The van der Waals surface area contributed by atoms with Gasteiger partial charge in [-0.25, -0.2) is 4.99 Å². The Bertz CT molecular complexity index is 574. The highest BCUT2D eigenvalue weighted by Crippen LogP contribution is 2.03. The molecule has 6 heteroatoms. The Hall–Kier alpha value is -2.11. The summed E-state index contributed by atoms with van der Waals surface area (Å²) in [5.41, 5.74) is 0.851. The van der Waals surface area contributed by atoms with Crippen molar-refractivity contribution in [3.8, 4) is 0 Å². The zero-order valence-corrected chi connectivity index (χ0v) is 12.8. The number of hydrogen-bond donors (Lipinski definition) is 2. The van der Waals surface area contributed by atoms with E-state index in [-0.39, 0.29) is 0 Å². The van der Waals surface area contributed by atoms with Crippen LogP contribution in [0.3, 0.4) is 0 Å². The SMILES string of the molecule is CCCCCNC(=NCc1nnc2ccccn12)NCC. The zero-order valence-electron chi connectivity index (χ0n) is 12.8. The number of pyridine rings is 1. The first-order valence-corrected chi connectivity index (χ1v) is 7.66. The molecule has 0 spiro atoms. The molecule has 2 heterocycles. The van der Waals surface area contributed by atoms with Crippen molar-refractivity contribution in [1.82, 2.24) is 25.2 Å². The van der Waals surface area contributed by atoms with Crippen molar-refractivity contribution in [1.29, 1.82) is 0 Å². The van der Waals surface area contributed by atoms with Gasteiger partial charge in [-0.2, -0.15) is 0 Å². The first-order valence-electron chi connectivity index (χ1n) is 7.66. The van der Waals surface area contributed by atoms with Crippen LogP contribution in [0.15, 0.2) is 29.4 Å². The maximum Gasteiger partial charge on any atom is 0.191 e. The van der Waals surface area contributed by atoms with Crippen LogP contribution in [-0.4, -0.2) is 33.6 Å². The van der Waals surface area contributed by atoms with Gasteiger partial charge in [-0.15, -0.1) is 10.2 Å². The van der Waals surface area contributed by atoms with Crippen LogP contribution in [0.1, 0.15) is 38.9 Å². The van der Waals surface area contributed by atoms with Crippen molar-refractivity contribution in [3.63, 3.8) is 0 Å². The lowest BCUT2D eigenvalue weighted by Gasteiger charge is -2.10. The van der Waals surface area contributed by atoms with Crippen molar-refractivity contribution in [3.05, 3.63) is 30.2 Å². The van der Waals surface area contributed by atoms with E-state index >= 15 is 0 Å². The summed E-state index contributed by atoms with van der Waals surface area (Å²) in [5.74, 6) is 1.68. The number of nitrogens with zero attached hydrogens (tertiary/aromatic N) is 4. The van der Waals surface area contributed by atoms with Crippen LogP contribution < -0.4 is 10.6 Å². The second-order valence-electron chi connectivity index (χ2n) is 4.87. The minimum absolute atomic E-state index is 0.508. The number of hydrogen-bond acceptors (Lipinski definition) is 3. The average Bonchev–Trinajstić information content (AvgIpc) is 2.92. The highest BCUT2D eigenvalue weighted by atomic mass is 15.3. The third-order valence-corrected chi connectivity index (χ3v) is 3.18. The lowest BCUT2D eigenvalue weighted by atomic mass is 10.2. The first kappa shape index (κ1) is 15.3. The molecule has 114 valence electrons. The number of aliphatic imine (C=N–C) groups is 1. The Morgan fingerprint density at radius 2 is 2.10 bits per heavy atom. The summed E-state index contributed by atoms with van der Waals surface area (Å²) in [4.78, 5) is 4.57. The van der Waals surface area contributed by atoms with E-state index in [1.807, 2.05) is 28.8 Å². The molecule has 0 amide bonds. The molecule has 0 bridgehead atoms. The molecular weight excluding hydrogens is 264 g/mol. The van der Waals surface area contributed by atoms with Gasteiger partial charge in [0.05, 0.1) is 0 Å². The Kier molecular flexibility index (Phi) is 5.99. The molecule has 0 saturated carbocycles. The topological polar surface area (TPSA) is 66.6 Å². The lowest BCUT2D eigenvalue weighted by Crippen LogP contribution is -2.37. The summed E-state index contributed by atoms with van der Waals surface area (Å²) in [6.07, 6.45) is 5.58. The van der Waals surface area contributed by atoms with E-state index < -0.39 is 0 Å². The van der Waals surface area contributed by atoms with Crippen LogP contribution in [0.2, 0.25) is 0 Å². The van der Waals surface area contributed by atoms with Crippen LogP contribution in [0.4, 0.5) is 0 Å². The number of aromatic nitrogens is 3. The molecule has 2 aromatic rings. The standard InChI is InChI=1S/C15H24N6/c1-3-5-7-10-17-15(16-4-2)18-12-14-20-19-13-9-6-8-11-21(13)14/h6,8-9,11H,3-5,7,10,12H2,1-2H3,(H2,16,17,18). The van der Waals surface area contributed by atoms with E-state index in [2.05, 4.69) is 39.7 Å². The summed E-state index contributed by atoms with van der Waals surface area (Å²) in [7, 11) is 0. The minimum atomic E-state index is 0.508. The molecule has 0 saturated heterocycles. The number of guanidine groups is 1. The lowest BCUT2D eigenvalue weighted by molar-refractivity contribution is 0.682. The number of unbranched alkanes of at least 4 members (excludes halogenated alkanes) is 2. The average molecular weight is 288 g/mol. The van der Waals surface area contributed by atoms with E-state index in [0.29, 0.717) is 6.54 Å². The fraction of sp³-hybridized carbons (Fsp3) is 0.533. The summed E-state index contributed by atoms with van der Waals surface area (Å²) in [5, 5.41) is 14.9. The molecule has 0 aromatic carbocycles. The molecule has 0 aliphatic rings. The van der Waals surface area contributed by atoms with Crippen molar-refractivity contribution in [2.45, 2.75) is 39.7 Å². The predicted octanol–water partition coefficient (Wildman–Crippen LogP) is 1.97. The summed E-state index contributed by atoms with van der Waals surface area (Å²) in [6, 6.07) is 5.86. The van der Waals surface area contributed by atoms with Gasteiger partial charge in [-0.1, -0.05) is 25.8 Å². The second kappa shape index (κ2) is 8.24. The van der Waals surface area contributed by atoms with Crippen molar-refractivity contribution >= 4 is 11.6 Å². The van der Waals surface area contributed by atoms with Crippen LogP contribution >= 0.6 is 0 Å². The third kappa shape index (κ3) is 4.44. The van der Waals surface area contributed by atoms with Gasteiger partial charge in [-0.05, 0) is 25.5 Å². The summed E-state index contributed by atoms with van der Waals surface area (Å²) >= 11 is 0. The first-order chi connectivity index (χ1) is 10.3. The van der Waals surface area contributed by atoms with E-state index in [4.69, 9.17) is 0 Å². The quantitative estimate of drug-likeness (QED) is 0.464. The molecule has 0 atom stereocenters. The van der Waals surface area contributed by atoms with Gasteiger partial charge in [-0.3, -0.25) is 4.40 Å². The zero-order chi connectivity index (χ0) is 14.9. The van der Waals surface area contributed by atoms with Crippen molar-refractivity contribution in [2.75, 3.05) is 13.1 Å². The smallest absolute Gasteiger partial charge is 0.191 e. The molecule has 0 aliphatic heterocycles. The number of fused-ring (bicyclic) bond motifs is 1. The molecular formula is C15H24N6. The van der Waals surface area contributed by atoms with Gasteiger partial charge in [0, 0.05) is 19.3 Å². The Labute approximate surface area is 125 Å². The van der Waals surface area contributed by atoms with Crippen molar-refractivity contribution in [2.24, 2.45) is 4.99 Å². The molecule has 0 unspecified atom stereocenters. The van der Waals surface area contributed by atoms with Crippen molar-refractivity contribution < 1.29 is 0 Å². The highest BCUT2D eigenvalue weighted by Gasteiger charge is 2.04.